The molecule has 3 rings (SSSR count). The lowest BCUT2D eigenvalue weighted by atomic mass is 10.1. The molecule has 102 valence electrons. The molecule has 0 radical (unpaired) electrons. The van der Waals surface area contributed by atoms with Gasteiger partial charge < -0.3 is 11.1 Å². The van der Waals surface area contributed by atoms with Gasteiger partial charge in [-0.3, -0.25) is 4.79 Å². The van der Waals surface area contributed by atoms with Crippen LogP contribution in [0.5, 0.6) is 0 Å². The predicted molar refractivity (Wildman–Crippen MR) is 83.6 cm³/mol. The molecule has 3 nitrogen and oxygen atoms in total. The van der Waals surface area contributed by atoms with E-state index in [1.807, 2.05) is 24.3 Å². The third kappa shape index (κ3) is 2.70. The van der Waals surface area contributed by atoms with Crippen molar-refractivity contribution in [3.63, 3.8) is 0 Å². The summed E-state index contributed by atoms with van der Waals surface area (Å²) in [6.45, 7) is 0. The van der Waals surface area contributed by atoms with Crippen LogP contribution in [-0.2, 0) is 0 Å². The quantitative estimate of drug-likeness (QED) is 0.848. The average Bonchev–Trinajstić information content (AvgIpc) is 3.18. The van der Waals surface area contributed by atoms with E-state index in [9.17, 15) is 4.79 Å². The molecule has 0 heterocycles. The van der Waals surface area contributed by atoms with Gasteiger partial charge in [-0.15, -0.1) is 0 Å². The summed E-state index contributed by atoms with van der Waals surface area (Å²) in [7, 11) is 0. The summed E-state index contributed by atoms with van der Waals surface area (Å²) in [6, 6.07) is 15.8. The monoisotopic (exact) mass is 330 g/mol. The molecule has 0 spiro atoms. The second-order valence-electron chi connectivity index (χ2n) is 5.06. The second kappa shape index (κ2) is 5.29. The number of carbonyl (C=O) groups is 1. The summed E-state index contributed by atoms with van der Waals surface area (Å²) in [5.74, 6) is 0.329. The Morgan fingerprint density at radius 3 is 2.65 bits per heavy atom. The summed E-state index contributed by atoms with van der Waals surface area (Å²) in [5, 5.41) is 3.04. The maximum absolute atomic E-state index is 12.2. The van der Waals surface area contributed by atoms with Crippen molar-refractivity contribution in [3.8, 4) is 0 Å². The zero-order valence-electron chi connectivity index (χ0n) is 10.8. The number of hydrogen-bond donors (Lipinski definition) is 2. The zero-order chi connectivity index (χ0) is 14.1. The molecule has 4 heteroatoms. The molecule has 2 aromatic carbocycles. The molecule has 2 aromatic rings. The van der Waals surface area contributed by atoms with Gasteiger partial charge in [0.15, 0.2) is 0 Å². The highest BCUT2D eigenvalue weighted by Gasteiger charge is 2.39. The Hall–Kier alpha value is -1.81. The molecule has 1 aliphatic carbocycles. The lowest BCUT2D eigenvalue weighted by Gasteiger charge is -2.08. The molecule has 0 aliphatic heterocycles. The Morgan fingerprint density at radius 2 is 1.95 bits per heavy atom. The Labute approximate surface area is 126 Å². The Balaban J connectivity index is 1.66. The van der Waals surface area contributed by atoms with Crippen LogP contribution in [0.3, 0.4) is 0 Å². The van der Waals surface area contributed by atoms with Gasteiger partial charge in [0.2, 0.25) is 0 Å². The van der Waals surface area contributed by atoms with Gasteiger partial charge >= 0.3 is 0 Å². The number of amides is 1. The van der Waals surface area contributed by atoms with Gasteiger partial charge in [-0.1, -0.05) is 46.3 Å². The lowest BCUT2D eigenvalue weighted by Crippen LogP contribution is -2.27. The van der Waals surface area contributed by atoms with E-state index in [0.29, 0.717) is 17.2 Å². The maximum atomic E-state index is 12.2. The van der Waals surface area contributed by atoms with Crippen molar-refractivity contribution in [2.75, 3.05) is 5.73 Å². The molecular formula is C16H15BrN2O. The predicted octanol–water partition coefficient (Wildman–Crippen LogP) is 3.32. The van der Waals surface area contributed by atoms with Gasteiger partial charge in [0, 0.05) is 22.1 Å². The first kappa shape index (κ1) is 13.2. The number of anilines is 1. The normalized spacial score (nSPS) is 20.4. The van der Waals surface area contributed by atoms with Crippen molar-refractivity contribution in [1.82, 2.24) is 5.32 Å². The van der Waals surface area contributed by atoms with E-state index >= 15 is 0 Å². The van der Waals surface area contributed by atoms with Crippen LogP contribution in [-0.4, -0.2) is 11.9 Å². The van der Waals surface area contributed by atoms with Crippen LogP contribution in [0.4, 0.5) is 5.69 Å². The minimum atomic E-state index is -0.0987. The molecule has 3 N–H and O–H groups in total. The molecule has 2 atom stereocenters. The molecule has 20 heavy (non-hydrogen) atoms. The summed E-state index contributed by atoms with van der Waals surface area (Å²) in [4.78, 5) is 12.2. The van der Waals surface area contributed by atoms with Gasteiger partial charge in [-0.2, -0.15) is 0 Å². The number of carbonyl (C=O) groups excluding carboxylic acids is 1. The van der Waals surface area contributed by atoms with Crippen molar-refractivity contribution in [2.24, 2.45) is 0 Å². The first-order valence-corrected chi connectivity index (χ1v) is 7.35. The molecule has 1 amide bonds. The summed E-state index contributed by atoms with van der Waals surface area (Å²) >= 11 is 3.34. The lowest BCUT2D eigenvalue weighted by molar-refractivity contribution is 0.0951. The van der Waals surface area contributed by atoms with E-state index in [1.165, 1.54) is 5.56 Å². The van der Waals surface area contributed by atoms with Crippen LogP contribution in [0, 0.1) is 0 Å². The molecule has 0 aromatic heterocycles. The SMILES string of the molecule is Nc1cc(Br)ccc1C(=O)NC1CC1c1ccccc1. The van der Waals surface area contributed by atoms with Crippen LogP contribution in [0.15, 0.2) is 53.0 Å². The number of rotatable bonds is 3. The van der Waals surface area contributed by atoms with Crippen LogP contribution >= 0.6 is 15.9 Å². The number of halogens is 1. The molecule has 2 unspecified atom stereocenters. The van der Waals surface area contributed by atoms with E-state index in [-0.39, 0.29) is 11.9 Å². The second-order valence-corrected chi connectivity index (χ2v) is 5.98. The van der Waals surface area contributed by atoms with E-state index in [4.69, 9.17) is 5.73 Å². The highest BCUT2D eigenvalue weighted by atomic mass is 79.9. The van der Waals surface area contributed by atoms with Gasteiger partial charge in [0.1, 0.15) is 0 Å². The highest BCUT2D eigenvalue weighted by molar-refractivity contribution is 9.10. The zero-order valence-corrected chi connectivity index (χ0v) is 12.4. The van der Waals surface area contributed by atoms with Gasteiger partial charge in [0.25, 0.3) is 5.91 Å². The maximum Gasteiger partial charge on any atom is 0.253 e. The number of nitrogens with one attached hydrogen (secondary N) is 1. The number of nitrogens with two attached hydrogens (primary N) is 1. The smallest absolute Gasteiger partial charge is 0.253 e. The van der Waals surface area contributed by atoms with Gasteiger partial charge in [0.05, 0.1) is 5.56 Å². The summed E-state index contributed by atoms with van der Waals surface area (Å²) in [5.41, 5.74) is 8.18. The van der Waals surface area contributed by atoms with Crippen LogP contribution in [0.2, 0.25) is 0 Å². The van der Waals surface area contributed by atoms with Crippen molar-refractivity contribution < 1.29 is 4.79 Å². The van der Waals surface area contributed by atoms with Crippen LogP contribution in [0.1, 0.15) is 28.3 Å². The van der Waals surface area contributed by atoms with Crippen LogP contribution < -0.4 is 11.1 Å². The third-order valence-corrected chi connectivity index (χ3v) is 4.09. The minimum absolute atomic E-state index is 0.0987. The first-order valence-electron chi connectivity index (χ1n) is 6.56. The number of benzene rings is 2. The Morgan fingerprint density at radius 1 is 1.20 bits per heavy atom. The average molecular weight is 331 g/mol. The van der Waals surface area contributed by atoms with E-state index in [1.54, 1.807) is 12.1 Å². The van der Waals surface area contributed by atoms with E-state index < -0.39 is 0 Å². The fraction of sp³-hybridized carbons (Fsp3) is 0.188. The molecule has 0 saturated heterocycles. The minimum Gasteiger partial charge on any atom is -0.398 e. The van der Waals surface area contributed by atoms with E-state index in [0.717, 1.165) is 10.9 Å². The number of hydrogen-bond acceptors (Lipinski definition) is 2. The fourth-order valence-corrected chi connectivity index (χ4v) is 2.79. The molecule has 1 saturated carbocycles. The van der Waals surface area contributed by atoms with Crippen molar-refractivity contribution in [2.45, 2.75) is 18.4 Å². The Kier molecular flexibility index (Phi) is 3.49. The molecule has 1 aliphatic rings. The first-order chi connectivity index (χ1) is 9.65. The summed E-state index contributed by atoms with van der Waals surface area (Å²) < 4.78 is 0.875. The topological polar surface area (TPSA) is 55.1 Å². The van der Waals surface area contributed by atoms with Crippen molar-refractivity contribution in [1.29, 1.82) is 0 Å². The molecule has 1 fully saturated rings. The number of nitrogen functional groups attached to an aromatic ring is 1. The van der Waals surface area contributed by atoms with Crippen molar-refractivity contribution >= 4 is 27.5 Å². The van der Waals surface area contributed by atoms with E-state index in [2.05, 4.69) is 33.4 Å². The molecular weight excluding hydrogens is 316 g/mol. The Bertz CT molecular complexity index is 642. The molecule has 0 bridgehead atoms. The van der Waals surface area contributed by atoms with Gasteiger partial charge in [-0.05, 0) is 30.2 Å². The van der Waals surface area contributed by atoms with Gasteiger partial charge in [-0.25, -0.2) is 0 Å². The fourth-order valence-electron chi connectivity index (χ4n) is 2.41. The summed E-state index contributed by atoms with van der Waals surface area (Å²) in [6.07, 6.45) is 0.992. The van der Waals surface area contributed by atoms with Crippen LogP contribution in [0.25, 0.3) is 0 Å². The standard InChI is InChI=1S/C16H15BrN2O/c17-11-6-7-12(14(18)8-11)16(20)19-15-9-13(15)10-4-2-1-3-5-10/h1-8,13,15H,9,18H2,(H,19,20). The van der Waals surface area contributed by atoms with Crippen molar-refractivity contribution in [3.05, 3.63) is 64.1 Å². The highest BCUT2D eigenvalue weighted by Crippen LogP contribution is 2.40. The largest absolute Gasteiger partial charge is 0.398 e. The third-order valence-electron chi connectivity index (χ3n) is 3.59.